The molecule has 1 aromatic rings. The fourth-order valence-electron chi connectivity index (χ4n) is 4.52. The van der Waals surface area contributed by atoms with Gasteiger partial charge >= 0.3 is 5.97 Å². The Kier molecular flexibility index (Phi) is 8.50. The minimum Gasteiger partial charge on any atom is -0.461 e. The summed E-state index contributed by atoms with van der Waals surface area (Å²) in [5, 5.41) is 12.1. The summed E-state index contributed by atoms with van der Waals surface area (Å²) in [6.07, 6.45) is 11.1. The monoisotopic (exact) mass is 402 g/mol. The van der Waals surface area contributed by atoms with Gasteiger partial charge in [0.05, 0.1) is 0 Å². The topological polar surface area (TPSA) is 87.7 Å². The number of rotatable bonds is 9. The molecule has 1 aromatic carbocycles. The second kappa shape index (κ2) is 11.3. The molecule has 2 saturated carbocycles. The molecule has 29 heavy (non-hydrogen) atoms. The van der Waals surface area contributed by atoms with Gasteiger partial charge in [0.2, 0.25) is 5.91 Å². The van der Waals surface area contributed by atoms with Gasteiger partial charge in [-0.15, -0.1) is 0 Å². The van der Waals surface area contributed by atoms with E-state index < -0.39 is 0 Å². The standard InChI is InChI=1S/C23H34N2O4/c26-21(25-28)15-14-17-10-12-18(13-11-17)16-24-22(19-6-2-1-3-7-19)23(27)29-20-8-4-5-9-20/h10-13,19-20,22,24,28H,1-9,14-16H2,(H,25,26)/t22-/m0/s1. The Morgan fingerprint density at radius 2 is 1.59 bits per heavy atom. The van der Waals surface area contributed by atoms with Crippen molar-refractivity contribution in [1.82, 2.24) is 10.8 Å². The van der Waals surface area contributed by atoms with Crippen molar-refractivity contribution < 1.29 is 19.5 Å². The maximum atomic E-state index is 12.9. The number of esters is 1. The lowest BCUT2D eigenvalue weighted by Crippen LogP contribution is -2.45. The Morgan fingerprint density at radius 1 is 0.966 bits per heavy atom. The third-order valence-electron chi connectivity index (χ3n) is 6.27. The molecule has 0 heterocycles. The predicted octanol–water partition coefficient (Wildman–Crippen LogP) is 3.65. The number of carbonyl (C=O) groups excluding carboxylic acids is 2. The Bertz CT molecular complexity index is 649. The zero-order valence-corrected chi connectivity index (χ0v) is 17.2. The van der Waals surface area contributed by atoms with Crippen molar-refractivity contribution in [2.45, 2.75) is 89.3 Å². The predicted molar refractivity (Wildman–Crippen MR) is 110 cm³/mol. The van der Waals surface area contributed by atoms with Crippen LogP contribution in [0.3, 0.4) is 0 Å². The molecule has 0 aliphatic heterocycles. The van der Waals surface area contributed by atoms with Crippen molar-refractivity contribution >= 4 is 11.9 Å². The number of aryl methyl sites for hydroxylation is 1. The molecule has 0 aromatic heterocycles. The highest BCUT2D eigenvalue weighted by atomic mass is 16.5. The Hall–Kier alpha value is -1.92. The molecule has 2 aliphatic carbocycles. The van der Waals surface area contributed by atoms with E-state index in [1.54, 1.807) is 5.48 Å². The second-order valence-corrected chi connectivity index (χ2v) is 8.45. The highest BCUT2D eigenvalue weighted by molar-refractivity contribution is 5.76. The average Bonchev–Trinajstić information content (AvgIpc) is 3.26. The maximum absolute atomic E-state index is 12.9. The van der Waals surface area contributed by atoms with Crippen LogP contribution in [0.25, 0.3) is 0 Å². The van der Waals surface area contributed by atoms with E-state index in [9.17, 15) is 9.59 Å². The normalized spacial score (nSPS) is 19.1. The largest absolute Gasteiger partial charge is 0.461 e. The van der Waals surface area contributed by atoms with E-state index in [0.717, 1.165) is 49.7 Å². The number of amides is 1. The number of nitrogens with one attached hydrogen (secondary N) is 2. The molecule has 1 amide bonds. The Balaban J connectivity index is 1.55. The Morgan fingerprint density at radius 3 is 2.24 bits per heavy atom. The van der Waals surface area contributed by atoms with Gasteiger partial charge in [0.1, 0.15) is 12.1 Å². The van der Waals surface area contributed by atoms with Gasteiger partial charge in [0, 0.05) is 13.0 Å². The molecule has 0 bridgehead atoms. The van der Waals surface area contributed by atoms with E-state index in [1.807, 2.05) is 24.3 Å². The molecule has 0 radical (unpaired) electrons. The lowest BCUT2D eigenvalue weighted by atomic mass is 9.83. The van der Waals surface area contributed by atoms with Crippen LogP contribution in [0.1, 0.15) is 75.3 Å². The SMILES string of the molecule is O=C(CCc1ccc(CN[C@H](C(=O)OC2CCCC2)C2CCCCC2)cc1)NO. The number of hydroxylamine groups is 1. The molecule has 0 spiro atoms. The highest BCUT2D eigenvalue weighted by Gasteiger charge is 2.32. The molecular formula is C23H34N2O4. The third-order valence-corrected chi connectivity index (χ3v) is 6.27. The summed E-state index contributed by atoms with van der Waals surface area (Å²) in [6.45, 7) is 0.623. The summed E-state index contributed by atoms with van der Waals surface area (Å²) in [5.74, 6) is -0.101. The molecule has 2 fully saturated rings. The molecule has 3 N–H and O–H groups in total. The van der Waals surface area contributed by atoms with E-state index in [0.29, 0.717) is 18.9 Å². The lowest BCUT2D eigenvalue weighted by Gasteiger charge is -2.30. The van der Waals surface area contributed by atoms with Gasteiger partial charge < -0.3 is 10.1 Å². The van der Waals surface area contributed by atoms with Crippen molar-refractivity contribution in [2.75, 3.05) is 0 Å². The van der Waals surface area contributed by atoms with E-state index in [-0.39, 0.29) is 30.4 Å². The maximum Gasteiger partial charge on any atom is 0.323 e. The quantitative estimate of drug-likeness (QED) is 0.333. The molecule has 3 rings (SSSR count). The van der Waals surface area contributed by atoms with Crippen LogP contribution < -0.4 is 10.8 Å². The molecule has 2 aliphatic rings. The van der Waals surface area contributed by atoms with E-state index in [2.05, 4.69) is 5.32 Å². The van der Waals surface area contributed by atoms with Gasteiger partial charge in [0.15, 0.2) is 0 Å². The van der Waals surface area contributed by atoms with Crippen LogP contribution >= 0.6 is 0 Å². The van der Waals surface area contributed by atoms with Gasteiger partial charge in [-0.3, -0.25) is 14.8 Å². The van der Waals surface area contributed by atoms with Gasteiger partial charge in [-0.1, -0.05) is 43.5 Å². The average molecular weight is 403 g/mol. The third kappa shape index (κ3) is 6.82. The van der Waals surface area contributed by atoms with Crippen molar-refractivity contribution in [2.24, 2.45) is 5.92 Å². The highest BCUT2D eigenvalue weighted by Crippen LogP contribution is 2.29. The fourth-order valence-corrected chi connectivity index (χ4v) is 4.52. The number of hydrogen-bond acceptors (Lipinski definition) is 5. The number of ether oxygens (including phenoxy) is 1. The molecule has 6 heteroatoms. The van der Waals surface area contributed by atoms with Crippen molar-refractivity contribution in [3.8, 4) is 0 Å². The molecule has 160 valence electrons. The number of hydrogen-bond donors (Lipinski definition) is 3. The van der Waals surface area contributed by atoms with Gasteiger partial charge in [-0.05, 0) is 62.0 Å². The second-order valence-electron chi connectivity index (χ2n) is 8.45. The van der Waals surface area contributed by atoms with Gasteiger partial charge in [-0.25, -0.2) is 5.48 Å². The van der Waals surface area contributed by atoms with Crippen LogP contribution in [0.2, 0.25) is 0 Å². The van der Waals surface area contributed by atoms with Crippen LogP contribution in [-0.2, 0) is 27.3 Å². The summed E-state index contributed by atoms with van der Waals surface area (Å²) < 4.78 is 5.84. The van der Waals surface area contributed by atoms with Gasteiger partial charge in [-0.2, -0.15) is 0 Å². The minimum absolute atomic E-state index is 0.0737. The first-order valence-electron chi connectivity index (χ1n) is 11.1. The summed E-state index contributed by atoms with van der Waals surface area (Å²) in [6, 6.07) is 7.81. The molecule has 0 unspecified atom stereocenters. The molecule has 1 atom stereocenters. The molecule has 6 nitrogen and oxygen atoms in total. The van der Waals surface area contributed by atoms with E-state index in [1.165, 1.54) is 19.3 Å². The number of carbonyl (C=O) groups is 2. The van der Waals surface area contributed by atoms with Crippen LogP contribution in [0.15, 0.2) is 24.3 Å². The van der Waals surface area contributed by atoms with Crippen LogP contribution in [-0.4, -0.2) is 29.2 Å². The molecular weight excluding hydrogens is 368 g/mol. The van der Waals surface area contributed by atoms with Crippen LogP contribution in [0, 0.1) is 5.92 Å². The summed E-state index contributed by atoms with van der Waals surface area (Å²) in [7, 11) is 0. The number of benzene rings is 1. The minimum atomic E-state index is -0.383. The first-order valence-corrected chi connectivity index (χ1v) is 11.1. The van der Waals surface area contributed by atoms with Crippen molar-refractivity contribution in [3.05, 3.63) is 35.4 Å². The zero-order chi connectivity index (χ0) is 20.5. The van der Waals surface area contributed by atoms with Crippen LogP contribution in [0.5, 0.6) is 0 Å². The van der Waals surface area contributed by atoms with Gasteiger partial charge in [0.25, 0.3) is 0 Å². The lowest BCUT2D eigenvalue weighted by molar-refractivity contribution is -0.153. The molecule has 0 saturated heterocycles. The van der Waals surface area contributed by atoms with E-state index in [4.69, 9.17) is 9.94 Å². The van der Waals surface area contributed by atoms with Crippen molar-refractivity contribution in [1.29, 1.82) is 0 Å². The van der Waals surface area contributed by atoms with Crippen LogP contribution in [0.4, 0.5) is 0 Å². The van der Waals surface area contributed by atoms with Crippen molar-refractivity contribution in [3.63, 3.8) is 0 Å². The fraction of sp³-hybridized carbons (Fsp3) is 0.652. The first-order chi connectivity index (χ1) is 14.2. The first kappa shape index (κ1) is 21.8. The summed E-state index contributed by atoms with van der Waals surface area (Å²) in [4.78, 5) is 24.1. The van der Waals surface area contributed by atoms with E-state index >= 15 is 0 Å². The summed E-state index contributed by atoms with van der Waals surface area (Å²) in [5.41, 5.74) is 3.80. The zero-order valence-electron chi connectivity index (χ0n) is 17.2. The Labute approximate surface area is 173 Å². The smallest absolute Gasteiger partial charge is 0.323 e. The summed E-state index contributed by atoms with van der Waals surface area (Å²) >= 11 is 0.